The molecular weight excluding hydrogens is 540 g/mol. The van der Waals surface area contributed by atoms with Crippen LogP contribution in [0.5, 0.6) is 0 Å². The topological polar surface area (TPSA) is 42.1 Å². The number of rotatable bonds is 7. The van der Waals surface area contributed by atoms with Gasteiger partial charge in [0.15, 0.2) is 0 Å². The van der Waals surface area contributed by atoms with E-state index >= 15 is 0 Å². The molecule has 0 fully saturated rings. The molecule has 2 aromatic heterocycles. The maximum Gasteiger partial charge on any atom is 0.124 e. The van der Waals surface area contributed by atoms with Gasteiger partial charge in [0.05, 0.1) is 47.2 Å². The van der Waals surface area contributed by atoms with Crippen molar-refractivity contribution in [3.8, 4) is 0 Å². The smallest absolute Gasteiger partial charge is 0.124 e. The largest absolute Gasteiger partial charge is 0.324 e. The highest BCUT2D eigenvalue weighted by Crippen LogP contribution is 2.50. The normalized spacial score (nSPS) is 18.7. The second-order valence-corrected chi connectivity index (χ2v) is 13.1. The van der Waals surface area contributed by atoms with Crippen LogP contribution in [-0.4, -0.2) is 28.9 Å². The van der Waals surface area contributed by atoms with E-state index in [1.807, 2.05) is 0 Å². The van der Waals surface area contributed by atoms with Crippen LogP contribution in [0, 0.1) is 0 Å². The summed E-state index contributed by atoms with van der Waals surface area (Å²) < 4.78 is 4.86. The molecule has 6 aromatic rings. The SMILES string of the molecule is CC(C)n1c(CN2Cc3ccccc3[C@@H]2[C@H]2c3ccccc3CN2Cc2nc3ccccc3n2C(C)C)nc2ccccc21. The monoisotopic (exact) mass is 580 g/mol. The van der Waals surface area contributed by atoms with Crippen molar-refractivity contribution in [3.63, 3.8) is 0 Å². The zero-order valence-corrected chi connectivity index (χ0v) is 26.1. The number of hydrogen-bond donors (Lipinski definition) is 0. The van der Waals surface area contributed by atoms with E-state index in [-0.39, 0.29) is 12.1 Å². The van der Waals surface area contributed by atoms with E-state index in [4.69, 9.17) is 9.97 Å². The molecule has 222 valence electrons. The Bertz CT molecular complexity index is 1840. The molecule has 6 heteroatoms. The number of imidazole rings is 2. The summed E-state index contributed by atoms with van der Waals surface area (Å²) >= 11 is 0. The number of aromatic nitrogens is 4. The maximum absolute atomic E-state index is 5.20. The first-order chi connectivity index (χ1) is 21.5. The summed E-state index contributed by atoms with van der Waals surface area (Å²) in [6, 6.07) is 36.3. The number of hydrogen-bond acceptors (Lipinski definition) is 4. The fourth-order valence-electron chi connectivity index (χ4n) is 7.94. The summed E-state index contributed by atoms with van der Waals surface area (Å²) in [5.41, 5.74) is 10.3. The van der Waals surface area contributed by atoms with E-state index in [9.17, 15) is 0 Å². The predicted octanol–water partition coefficient (Wildman–Crippen LogP) is 8.36. The van der Waals surface area contributed by atoms with Crippen molar-refractivity contribution < 1.29 is 0 Å². The van der Waals surface area contributed by atoms with Gasteiger partial charge >= 0.3 is 0 Å². The van der Waals surface area contributed by atoms with Crippen LogP contribution in [0.1, 0.15) is 85.8 Å². The molecule has 8 rings (SSSR count). The van der Waals surface area contributed by atoms with Gasteiger partial charge in [0.2, 0.25) is 0 Å². The average Bonchev–Trinajstić information content (AvgIpc) is 3.76. The molecule has 0 bridgehead atoms. The highest BCUT2D eigenvalue weighted by atomic mass is 15.3. The molecular formula is C38H40N6. The van der Waals surface area contributed by atoms with Gasteiger partial charge in [0.25, 0.3) is 0 Å². The van der Waals surface area contributed by atoms with Gasteiger partial charge in [-0.15, -0.1) is 0 Å². The summed E-state index contributed by atoms with van der Waals surface area (Å²) in [7, 11) is 0. The molecule has 0 N–H and O–H groups in total. The lowest BCUT2D eigenvalue weighted by Gasteiger charge is -2.36. The third kappa shape index (κ3) is 4.39. The van der Waals surface area contributed by atoms with Crippen LogP contribution in [0.25, 0.3) is 22.1 Å². The van der Waals surface area contributed by atoms with Crippen LogP contribution < -0.4 is 0 Å². The predicted molar refractivity (Wildman–Crippen MR) is 177 cm³/mol. The van der Waals surface area contributed by atoms with Crippen molar-refractivity contribution in [3.05, 3.63) is 131 Å². The van der Waals surface area contributed by atoms with Gasteiger partial charge < -0.3 is 9.13 Å². The van der Waals surface area contributed by atoms with Crippen LogP contribution in [0.15, 0.2) is 97.1 Å². The number of fused-ring (bicyclic) bond motifs is 4. The Labute approximate surface area is 259 Å². The minimum atomic E-state index is 0.201. The second kappa shape index (κ2) is 10.7. The molecule has 2 atom stereocenters. The first-order valence-corrected chi connectivity index (χ1v) is 16.0. The molecule has 0 spiro atoms. The van der Waals surface area contributed by atoms with Crippen molar-refractivity contribution in [2.75, 3.05) is 0 Å². The Hall–Kier alpha value is -4.26. The van der Waals surface area contributed by atoms with Crippen molar-refractivity contribution in [1.29, 1.82) is 0 Å². The van der Waals surface area contributed by atoms with E-state index in [0.29, 0.717) is 12.1 Å². The molecule has 2 aliphatic rings. The molecule has 0 amide bonds. The Morgan fingerprint density at radius 2 is 0.932 bits per heavy atom. The van der Waals surface area contributed by atoms with E-state index < -0.39 is 0 Å². The summed E-state index contributed by atoms with van der Waals surface area (Å²) in [5.74, 6) is 2.27. The van der Waals surface area contributed by atoms with Gasteiger partial charge in [0, 0.05) is 25.2 Å². The zero-order chi connectivity index (χ0) is 29.9. The molecule has 6 nitrogen and oxygen atoms in total. The lowest BCUT2D eigenvalue weighted by Crippen LogP contribution is -2.35. The summed E-state index contributed by atoms with van der Waals surface area (Å²) in [6.07, 6.45) is 0. The first kappa shape index (κ1) is 27.3. The van der Waals surface area contributed by atoms with Crippen molar-refractivity contribution >= 4 is 22.1 Å². The third-order valence-corrected chi connectivity index (χ3v) is 9.64. The van der Waals surface area contributed by atoms with Gasteiger partial charge in [-0.05, 0) is 74.2 Å². The Morgan fingerprint density at radius 3 is 1.36 bits per heavy atom. The van der Waals surface area contributed by atoms with Crippen LogP contribution >= 0.6 is 0 Å². The van der Waals surface area contributed by atoms with E-state index in [0.717, 1.165) is 48.9 Å². The van der Waals surface area contributed by atoms with E-state index in [2.05, 4.69) is 144 Å². The van der Waals surface area contributed by atoms with Gasteiger partial charge in [-0.2, -0.15) is 0 Å². The maximum atomic E-state index is 5.20. The molecule has 4 heterocycles. The van der Waals surface area contributed by atoms with Gasteiger partial charge in [0.1, 0.15) is 11.6 Å². The summed E-state index contributed by atoms with van der Waals surface area (Å²) in [5, 5.41) is 0. The van der Waals surface area contributed by atoms with Gasteiger partial charge in [-0.1, -0.05) is 72.8 Å². The van der Waals surface area contributed by atoms with Crippen LogP contribution in [0.3, 0.4) is 0 Å². The quantitative estimate of drug-likeness (QED) is 0.190. The minimum Gasteiger partial charge on any atom is -0.324 e. The number of nitrogens with zero attached hydrogens (tertiary/aromatic N) is 6. The van der Waals surface area contributed by atoms with Gasteiger partial charge in [-0.25, -0.2) is 9.97 Å². The minimum absolute atomic E-state index is 0.201. The van der Waals surface area contributed by atoms with Crippen molar-refractivity contribution in [1.82, 2.24) is 28.9 Å². The highest BCUT2D eigenvalue weighted by molar-refractivity contribution is 5.76. The molecule has 4 aromatic carbocycles. The molecule has 2 aliphatic heterocycles. The van der Waals surface area contributed by atoms with Crippen molar-refractivity contribution in [2.24, 2.45) is 0 Å². The molecule has 0 saturated heterocycles. The lowest BCUT2D eigenvalue weighted by molar-refractivity contribution is 0.0786. The standard InChI is InChI=1S/C38H40N6/c1-25(2)43-33-19-11-9-17-31(33)39-35(43)23-41-21-27-13-5-7-15-29(27)37(41)38-30-16-8-6-14-28(30)22-42(38)24-36-40-32-18-10-12-20-34(32)44(36)26(3)4/h5-20,25-26,37-38H,21-24H2,1-4H3/t37-,38-/m1/s1. The van der Waals surface area contributed by atoms with Crippen LogP contribution in [-0.2, 0) is 26.2 Å². The van der Waals surface area contributed by atoms with E-state index in [1.54, 1.807) is 0 Å². The first-order valence-electron chi connectivity index (χ1n) is 16.0. The lowest BCUT2D eigenvalue weighted by atomic mass is 9.92. The molecule has 44 heavy (non-hydrogen) atoms. The number of benzene rings is 4. The molecule has 0 aliphatic carbocycles. The van der Waals surface area contributed by atoms with Crippen LogP contribution in [0.2, 0.25) is 0 Å². The fourth-order valence-corrected chi connectivity index (χ4v) is 7.94. The average molecular weight is 581 g/mol. The molecule has 0 unspecified atom stereocenters. The number of para-hydroxylation sites is 4. The van der Waals surface area contributed by atoms with E-state index in [1.165, 1.54) is 33.3 Å². The van der Waals surface area contributed by atoms with Crippen molar-refractivity contribution in [2.45, 2.75) is 78.0 Å². The molecule has 0 radical (unpaired) electrons. The Balaban J connectivity index is 1.23. The molecule has 0 saturated carbocycles. The zero-order valence-electron chi connectivity index (χ0n) is 26.1. The van der Waals surface area contributed by atoms with Gasteiger partial charge in [-0.3, -0.25) is 9.80 Å². The summed E-state index contributed by atoms with van der Waals surface area (Å²) in [6.45, 7) is 12.5. The Kier molecular flexibility index (Phi) is 6.65. The summed E-state index contributed by atoms with van der Waals surface area (Å²) in [4.78, 5) is 15.8. The van der Waals surface area contributed by atoms with Crippen LogP contribution in [0.4, 0.5) is 0 Å². The fraction of sp³-hybridized carbons (Fsp3) is 0.316. The Morgan fingerprint density at radius 1 is 0.545 bits per heavy atom. The third-order valence-electron chi connectivity index (χ3n) is 9.64. The second-order valence-electron chi connectivity index (χ2n) is 13.1. The highest BCUT2D eigenvalue weighted by Gasteiger charge is 2.44.